The highest BCUT2D eigenvalue weighted by molar-refractivity contribution is 4.87. The fourth-order valence-corrected chi connectivity index (χ4v) is 2.78. The molecule has 1 heterocycles. The lowest BCUT2D eigenvalue weighted by atomic mass is 10.1. The summed E-state index contributed by atoms with van der Waals surface area (Å²) in [5.41, 5.74) is 0. The molecule has 0 aromatic rings. The minimum absolute atomic E-state index is 0.0706. The molecule has 0 spiro atoms. The molecule has 0 aliphatic carbocycles. The zero-order chi connectivity index (χ0) is 16.2. The van der Waals surface area contributed by atoms with E-state index in [9.17, 15) is 15.3 Å². The third-order valence-corrected chi connectivity index (χ3v) is 4.25. The van der Waals surface area contributed by atoms with Crippen LogP contribution in [0.15, 0.2) is 0 Å². The second-order valence-corrected chi connectivity index (χ2v) is 6.33. The highest BCUT2D eigenvalue weighted by Gasteiger charge is 2.39. The van der Waals surface area contributed by atoms with Crippen LogP contribution in [0.1, 0.15) is 64.7 Å². The first-order valence-corrected chi connectivity index (χ1v) is 8.90. The van der Waals surface area contributed by atoms with Gasteiger partial charge >= 0.3 is 0 Å². The fourth-order valence-electron chi connectivity index (χ4n) is 2.78. The van der Waals surface area contributed by atoms with Gasteiger partial charge in [-0.05, 0) is 6.42 Å². The van der Waals surface area contributed by atoms with Crippen LogP contribution in [0.4, 0.5) is 0 Å². The van der Waals surface area contributed by atoms with Crippen molar-refractivity contribution in [2.45, 2.75) is 89.1 Å². The fraction of sp³-hybridized carbons (Fsp3) is 1.00. The molecule has 0 amide bonds. The van der Waals surface area contributed by atoms with E-state index in [2.05, 4.69) is 6.92 Å². The number of aliphatic hydroxyl groups excluding tert-OH is 3. The molecular weight excluding hydrogens is 284 g/mol. The summed E-state index contributed by atoms with van der Waals surface area (Å²) in [5, 5.41) is 28.8. The van der Waals surface area contributed by atoms with Crippen molar-refractivity contribution in [1.29, 1.82) is 0 Å². The van der Waals surface area contributed by atoms with Gasteiger partial charge in [0.25, 0.3) is 0 Å². The Kier molecular flexibility index (Phi) is 11.1. The number of hydrogen-bond donors (Lipinski definition) is 3. The SMILES string of the molecule is CCCCCCCCCCCOC[C@@H](O)[C@@H]1OC[C@H](O)[C@@H]1O. The Morgan fingerprint density at radius 2 is 1.59 bits per heavy atom. The summed E-state index contributed by atoms with van der Waals surface area (Å²) in [7, 11) is 0. The van der Waals surface area contributed by atoms with E-state index in [1.807, 2.05) is 0 Å². The molecule has 0 unspecified atom stereocenters. The predicted octanol–water partition coefficient (Wildman–Crippen LogP) is 2.02. The Balaban J connectivity index is 1.87. The molecule has 0 aromatic carbocycles. The van der Waals surface area contributed by atoms with E-state index in [0.717, 1.165) is 12.8 Å². The minimum atomic E-state index is -1.02. The van der Waals surface area contributed by atoms with Crippen LogP contribution in [-0.4, -0.2) is 59.6 Å². The number of rotatable bonds is 13. The first-order valence-electron chi connectivity index (χ1n) is 8.90. The molecule has 132 valence electrons. The Morgan fingerprint density at radius 3 is 2.14 bits per heavy atom. The highest BCUT2D eigenvalue weighted by atomic mass is 16.5. The van der Waals surface area contributed by atoms with Crippen molar-refractivity contribution in [3.05, 3.63) is 0 Å². The smallest absolute Gasteiger partial charge is 0.114 e. The molecule has 0 radical (unpaired) electrons. The molecule has 1 rings (SSSR count). The summed E-state index contributed by atoms with van der Waals surface area (Å²) in [6.45, 7) is 3.07. The topological polar surface area (TPSA) is 79.2 Å². The van der Waals surface area contributed by atoms with Crippen LogP contribution >= 0.6 is 0 Å². The average molecular weight is 318 g/mol. The normalized spacial score (nSPS) is 26.5. The molecule has 5 nitrogen and oxygen atoms in total. The van der Waals surface area contributed by atoms with E-state index in [0.29, 0.717) is 6.61 Å². The first kappa shape index (κ1) is 19.8. The van der Waals surface area contributed by atoms with Gasteiger partial charge in [-0.25, -0.2) is 0 Å². The van der Waals surface area contributed by atoms with E-state index < -0.39 is 24.4 Å². The quantitative estimate of drug-likeness (QED) is 0.453. The third-order valence-electron chi connectivity index (χ3n) is 4.25. The molecule has 1 aliphatic heterocycles. The largest absolute Gasteiger partial charge is 0.388 e. The van der Waals surface area contributed by atoms with Crippen molar-refractivity contribution in [2.24, 2.45) is 0 Å². The van der Waals surface area contributed by atoms with Gasteiger partial charge in [0.2, 0.25) is 0 Å². The van der Waals surface area contributed by atoms with Crippen molar-refractivity contribution in [1.82, 2.24) is 0 Å². The summed E-state index contributed by atoms with van der Waals surface area (Å²) in [6.07, 6.45) is 7.85. The number of ether oxygens (including phenoxy) is 2. The third kappa shape index (κ3) is 7.88. The van der Waals surface area contributed by atoms with Gasteiger partial charge < -0.3 is 24.8 Å². The van der Waals surface area contributed by atoms with Crippen LogP contribution in [-0.2, 0) is 9.47 Å². The van der Waals surface area contributed by atoms with Crippen LogP contribution in [0, 0.1) is 0 Å². The van der Waals surface area contributed by atoms with Crippen LogP contribution in [0.5, 0.6) is 0 Å². The maximum atomic E-state index is 9.86. The van der Waals surface area contributed by atoms with E-state index >= 15 is 0 Å². The van der Waals surface area contributed by atoms with E-state index in [1.54, 1.807) is 0 Å². The number of hydrogen-bond acceptors (Lipinski definition) is 5. The van der Waals surface area contributed by atoms with Gasteiger partial charge in [0.1, 0.15) is 24.4 Å². The van der Waals surface area contributed by atoms with Crippen LogP contribution in [0.3, 0.4) is 0 Å². The Labute approximate surface area is 134 Å². The summed E-state index contributed by atoms with van der Waals surface area (Å²) >= 11 is 0. The maximum Gasteiger partial charge on any atom is 0.114 e. The lowest BCUT2D eigenvalue weighted by Gasteiger charge is -2.20. The van der Waals surface area contributed by atoms with Crippen LogP contribution in [0.2, 0.25) is 0 Å². The van der Waals surface area contributed by atoms with Gasteiger partial charge in [-0.1, -0.05) is 58.3 Å². The zero-order valence-corrected chi connectivity index (χ0v) is 14.0. The van der Waals surface area contributed by atoms with Gasteiger partial charge in [0, 0.05) is 6.61 Å². The minimum Gasteiger partial charge on any atom is -0.388 e. The van der Waals surface area contributed by atoms with Crippen LogP contribution in [0.25, 0.3) is 0 Å². The second-order valence-electron chi connectivity index (χ2n) is 6.33. The van der Waals surface area contributed by atoms with Crippen molar-refractivity contribution in [2.75, 3.05) is 19.8 Å². The average Bonchev–Trinajstić information content (AvgIpc) is 2.84. The van der Waals surface area contributed by atoms with Gasteiger partial charge in [0.15, 0.2) is 0 Å². The van der Waals surface area contributed by atoms with Gasteiger partial charge in [-0.2, -0.15) is 0 Å². The molecule has 3 N–H and O–H groups in total. The Morgan fingerprint density at radius 1 is 1.00 bits per heavy atom. The molecule has 5 heteroatoms. The molecular formula is C17H34O5. The molecule has 0 saturated carbocycles. The molecule has 4 atom stereocenters. The standard InChI is InChI=1S/C17H34O5/c1-2-3-4-5-6-7-8-9-10-11-21-12-15(19)17-16(20)14(18)13-22-17/h14-20H,2-13H2,1H3/t14-,15+,16-,17-/m0/s1. The molecule has 1 saturated heterocycles. The summed E-state index contributed by atoms with van der Waals surface area (Å²) in [5.74, 6) is 0. The summed E-state index contributed by atoms with van der Waals surface area (Å²) < 4.78 is 10.6. The Bertz CT molecular complexity index is 261. The van der Waals surface area contributed by atoms with Gasteiger partial charge in [-0.15, -0.1) is 0 Å². The molecule has 0 bridgehead atoms. The van der Waals surface area contributed by atoms with Crippen LogP contribution < -0.4 is 0 Å². The molecule has 22 heavy (non-hydrogen) atoms. The van der Waals surface area contributed by atoms with Crippen molar-refractivity contribution in [3.8, 4) is 0 Å². The highest BCUT2D eigenvalue weighted by Crippen LogP contribution is 2.18. The predicted molar refractivity (Wildman–Crippen MR) is 85.8 cm³/mol. The van der Waals surface area contributed by atoms with E-state index in [-0.39, 0.29) is 13.2 Å². The van der Waals surface area contributed by atoms with Crippen molar-refractivity contribution >= 4 is 0 Å². The van der Waals surface area contributed by atoms with Crippen molar-refractivity contribution in [3.63, 3.8) is 0 Å². The van der Waals surface area contributed by atoms with Gasteiger partial charge in [0.05, 0.1) is 13.2 Å². The monoisotopic (exact) mass is 318 g/mol. The number of unbranched alkanes of at least 4 members (excludes halogenated alkanes) is 8. The second kappa shape index (κ2) is 12.3. The van der Waals surface area contributed by atoms with E-state index in [1.165, 1.54) is 44.9 Å². The molecule has 1 aliphatic rings. The lowest BCUT2D eigenvalue weighted by Crippen LogP contribution is -2.40. The molecule has 0 aromatic heterocycles. The summed E-state index contributed by atoms with van der Waals surface area (Å²) in [6, 6.07) is 0. The van der Waals surface area contributed by atoms with Crippen molar-refractivity contribution < 1.29 is 24.8 Å². The Hall–Kier alpha value is -0.200. The number of aliphatic hydroxyl groups is 3. The van der Waals surface area contributed by atoms with Gasteiger partial charge in [-0.3, -0.25) is 0 Å². The first-order chi connectivity index (χ1) is 10.7. The van der Waals surface area contributed by atoms with E-state index in [4.69, 9.17) is 9.47 Å². The molecule has 1 fully saturated rings. The lowest BCUT2D eigenvalue weighted by molar-refractivity contribution is -0.0813. The zero-order valence-electron chi connectivity index (χ0n) is 14.0. The summed E-state index contributed by atoms with van der Waals surface area (Å²) in [4.78, 5) is 0. The maximum absolute atomic E-state index is 9.86.